The van der Waals surface area contributed by atoms with Crippen molar-refractivity contribution in [1.82, 2.24) is 5.32 Å². The molecule has 3 aromatic rings. The van der Waals surface area contributed by atoms with E-state index in [1.54, 1.807) is 12.1 Å². The number of anilines is 2. The maximum absolute atomic E-state index is 14.5. The van der Waals surface area contributed by atoms with Gasteiger partial charge in [0.1, 0.15) is 11.6 Å². The van der Waals surface area contributed by atoms with Crippen molar-refractivity contribution in [2.75, 3.05) is 36.4 Å². The summed E-state index contributed by atoms with van der Waals surface area (Å²) in [5, 5.41) is 16.9. The van der Waals surface area contributed by atoms with Crippen LogP contribution in [0.4, 0.5) is 15.8 Å². The second-order valence-corrected chi connectivity index (χ2v) is 7.81. The molecule has 0 aliphatic carbocycles. The molecule has 1 aliphatic heterocycles. The SMILES string of the molecule is CC(=O)Nc1ccc(-c2cccc(-c3cc(N4CCNCC4)ccc3C)c2O)cc1F. The molecule has 0 aromatic heterocycles. The zero-order chi connectivity index (χ0) is 22.0. The number of hydrogen-bond donors (Lipinski definition) is 3. The highest BCUT2D eigenvalue weighted by Crippen LogP contribution is 2.40. The van der Waals surface area contributed by atoms with Crippen LogP contribution in [-0.2, 0) is 4.79 Å². The molecule has 0 bridgehead atoms. The van der Waals surface area contributed by atoms with Crippen LogP contribution in [0.1, 0.15) is 12.5 Å². The standard InChI is InChI=1S/C25H26FN3O2/c1-16-6-8-19(29-12-10-27-11-13-29)15-22(16)21-5-3-4-20(25(21)31)18-7-9-24(23(26)14-18)28-17(2)30/h3-9,14-15,27,31H,10-13H2,1-2H3,(H,28,30). The van der Waals surface area contributed by atoms with E-state index in [2.05, 4.69) is 33.7 Å². The number of phenolic OH excluding ortho intramolecular Hbond substituents is 1. The van der Waals surface area contributed by atoms with Gasteiger partial charge in [0.05, 0.1) is 5.69 Å². The lowest BCUT2D eigenvalue weighted by Crippen LogP contribution is -2.43. The molecule has 1 heterocycles. The summed E-state index contributed by atoms with van der Waals surface area (Å²) in [5.74, 6) is -0.777. The van der Waals surface area contributed by atoms with Gasteiger partial charge in [-0.15, -0.1) is 0 Å². The van der Waals surface area contributed by atoms with E-state index in [4.69, 9.17) is 0 Å². The Morgan fingerprint density at radius 2 is 1.77 bits per heavy atom. The fraction of sp³-hybridized carbons (Fsp3) is 0.240. The van der Waals surface area contributed by atoms with Crippen molar-refractivity contribution in [3.05, 3.63) is 66.0 Å². The van der Waals surface area contributed by atoms with Gasteiger partial charge in [-0.3, -0.25) is 4.79 Å². The minimum Gasteiger partial charge on any atom is -0.507 e. The van der Waals surface area contributed by atoms with E-state index < -0.39 is 5.82 Å². The number of phenols is 1. The maximum atomic E-state index is 14.5. The Kier molecular flexibility index (Phi) is 5.91. The first-order valence-corrected chi connectivity index (χ1v) is 10.4. The monoisotopic (exact) mass is 419 g/mol. The van der Waals surface area contributed by atoms with Crippen molar-refractivity contribution in [3.63, 3.8) is 0 Å². The highest BCUT2D eigenvalue weighted by atomic mass is 19.1. The van der Waals surface area contributed by atoms with E-state index in [1.165, 1.54) is 19.1 Å². The van der Waals surface area contributed by atoms with Crippen molar-refractivity contribution >= 4 is 17.3 Å². The molecule has 1 amide bonds. The molecule has 160 valence electrons. The topological polar surface area (TPSA) is 64.6 Å². The largest absolute Gasteiger partial charge is 0.507 e. The summed E-state index contributed by atoms with van der Waals surface area (Å²) in [6, 6.07) is 16.3. The summed E-state index contributed by atoms with van der Waals surface area (Å²) >= 11 is 0. The first kappa shape index (κ1) is 20.9. The van der Waals surface area contributed by atoms with Crippen molar-refractivity contribution in [1.29, 1.82) is 0 Å². The average molecular weight is 420 g/mol. The lowest BCUT2D eigenvalue weighted by atomic mass is 9.94. The number of piperazine rings is 1. The first-order chi connectivity index (χ1) is 14.9. The molecular weight excluding hydrogens is 393 g/mol. The van der Waals surface area contributed by atoms with Gasteiger partial charge in [0.25, 0.3) is 0 Å². The van der Waals surface area contributed by atoms with Crippen LogP contribution < -0.4 is 15.5 Å². The van der Waals surface area contributed by atoms with Gasteiger partial charge < -0.3 is 20.6 Å². The third-order valence-electron chi connectivity index (χ3n) is 5.62. The number of nitrogens with zero attached hydrogens (tertiary/aromatic N) is 1. The smallest absolute Gasteiger partial charge is 0.221 e. The van der Waals surface area contributed by atoms with E-state index in [-0.39, 0.29) is 17.3 Å². The van der Waals surface area contributed by atoms with Gasteiger partial charge in [-0.05, 0) is 47.9 Å². The predicted octanol–water partition coefficient (Wildman–Crippen LogP) is 4.54. The normalized spacial score (nSPS) is 13.8. The molecule has 0 unspecified atom stereocenters. The molecule has 5 nitrogen and oxygen atoms in total. The molecule has 0 radical (unpaired) electrons. The Hall–Kier alpha value is -3.38. The minimum atomic E-state index is -0.547. The van der Waals surface area contributed by atoms with E-state index in [1.807, 2.05) is 19.1 Å². The number of rotatable bonds is 4. The van der Waals surface area contributed by atoms with Gasteiger partial charge in [-0.2, -0.15) is 0 Å². The molecule has 3 N–H and O–H groups in total. The number of halogens is 1. The van der Waals surface area contributed by atoms with Crippen molar-refractivity contribution in [3.8, 4) is 28.0 Å². The van der Waals surface area contributed by atoms with Crippen LogP contribution >= 0.6 is 0 Å². The fourth-order valence-electron chi connectivity index (χ4n) is 3.99. The van der Waals surface area contributed by atoms with Gasteiger partial charge in [0.15, 0.2) is 0 Å². The Bertz CT molecular complexity index is 1120. The summed E-state index contributed by atoms with van der Waals surface area (Å²) < 4.78 is 14.5. The van der Waals surface area contributed by atoms with Gasteiger partial charge in [0.2, 0.25) is 5.91 Å². The minimum absolute atomic E-state index is 0.106. The maximum Gasteiger partial charge on any atom is 0.221 e. The zero-order valence-electron chi connectivity index (χ0n) is 17.7. The van der Waals surface area contributed by atoms with E-state index in [0.717, 1.165) is 43.0 Å². The molecule has 1 fully saturated rings. The van der Waals surface area contributed by atoms with Crippen molar-refractivity contribution in [2.24, 2.45) is 0 Å². The molecule has 0 saturated carbocycles. The molecular formula is C25H26FN3O2. The number of carbonyl (C=O) groups is 1. The van der Waals surface area contributed by atoms with Gasteiger partial charge in [-0.1, -0.05) is 30.3 Å². The number of carbonyl (C=O) groups excluding carboxylic acids is 1. The zero-order valence-corrected chi connectivity index (χ0v) is 17.7. The second kappa shape index (κ2) is 8.78. The number of nitrogens with one attached hydrogen (secondary N) is 2. The van der Waals surface area contributed by atoms with Crippen LogP contribution in [0.5, 0.6) is 5.75 Å². The summed E-state index contributed by atoms with van der Waals surface area (Å²) in [5.41, 5.74) is 5.03. The first-order valence-electron chi connectivity index (χ1n) is 10.4. The van der Waals surface area contributed by atoms with E-state index >= 15 is 0 Å². The van der Waals surface area contributed by atoms with E-state index in [9.17, 15) is 14.3 Å². The van der Waals surface area contributed by atoms with Crippen LogP contribution in [0, 0.1) is 12.7 Å². The molecule has 4 rings (SSSR count). The van der Waals surface area contributed by atoms with Gasteiger partial charge >= 0.3 is 0 Å². The summed E-state index contributed by atoms with van der Waals surface area (Å²) in [6.45, 7) is 7.13. The molecule has 3 aromatic carbocycles. The van der Waals surface area contributed by atoms with Gasteiger partial charge in [-0.25, -0.2) is 4.39 Å². The molecule has 6 heteroatoms. The third-order valence-corrected chi connectivity index (χ3v) is 5.62. The number of amides is 1. The fourth-order valence-corrected chi connectivity index (χ4v) is 3.99. The number of hydrogen-bond acceptors (Lipinski definition) is 4. The number of aromatic hydroxyl groups is 1. The highest BCUT2D eigenvalue weighted by molar-refractivity contribution is 5.90. The summed E-state index contributed by atoms with van der Waals surface area (Å²) in [4.78, 5) is 13.6. The van der Waals surface area contributed by atoms with Crippen LogP contribution in [0.3, 0.4) is 0 Å². The summed E-state index contributed by atoms with van der Waals surface area (Å²) in [7, 11) is 0. The number of aryl methyl sites for hydroxylation is 1. The van der Waals surface area contributed by atoms with Crippen molar-refractivity contribution < 1.29 is 14.3 Å². The Morgan fingerprint density at radius 3 is 2.48 bits per heavy atom. The van der Waals surface area contributed by atoms with E-state index in [0.29, 0.717) is 16.7 Å². The lowest BCUT2D eigenvalue weighted by Gasteiger charge is -2.30. The highest BCUT2D eigenvalue weighted by Gasteiger charge is 2.17. The van der Waals surface area contributed by atoms with Crippen LogP contribution in [-0.4, -0.2) is 37.2 Å². The van der Waals surface area contributed by atoms with Crippen LogP contribution in [0.2, 0.25) is 0 Å². The van der Waals surface area contributed by atoms with Gasteiger partial charge in [0, 0.05) is 49.9 Å². The lowest BCUT2D eigenvalue weighted by molar-refractivity contribution is -0.114. The average Bonchev–Trinajstić information content (AvgIpc) is 2.76. The predicted molar refractivity (Wildman–Crippen MR) is 123 cm³/mol. The van der Waals surface area contributed by atoms with Crippen molar-refractivity contribution in [2.45, 2.75) is 13.8 Å². The number of para-hydroxylation sites is 1. The molecule has 1 aliphatic rings. The number of benzene rings is 3. The molecule has 31 heavy (non-hydrogen) atoms. The Labute approximate surface area is 181 Å². The molecule has 0 atom stereocenters. The summed E-state index contributed by atoms with van der Waals surface area (Å²) in [6.07, 6.45) is 0. The Balaban J connectivity index is 1.73. The van der Waals surface area contributed by atoms with Crippen LogP contribution in [0.25, 0.3) is 22.3 Å². The molecule has 1 saturated heterocycles. The third kappa shape index (κ3) is 4.39. The van der Waals surface area contributed by atoms with Crippen LogP contribution in [0.15, 0.2) is 54.6 Å². The quantitative estimate of drug-likeness (QED) is 0.581. The molecule has 0 spiro atoms. The Morgan fingerprint density at radius 1 is 1.03 bits per heavy atom. The second-order valence-electron chi connectivity index (χ2n) is 7.81.